The van der Waals surface area contributed by atoms with Crippen LogP contribution in [0.25, 0.3) is 0 Å². The first kappa shape index (κ1) is 10.1. The number of nitriles is 2. The number of hydrogen-bond donors (Lipinski definition) is 1. The molecule has 0 aliphatic carbocycles. The van der Waals surface area contributed by atoms with Crippen molar-refractivity contribution in [2.24, 2.45) is 0 Å². The van der Waals surface area contributed by atoms with Gasteiger partial charge in [-0.2, -0.15) is 10.5 Å². The van der Waals surface area contributed by atoms with Gasteiger partial charge in [0.05, 0.1) is 17.2 Å². The number of benzene rings is 1. The monoisotopic (exact) mass is 186 g/mol. The van der Waals surface area contributed by atoms with Crippen molar-refractivity contribution in [1.29, 1.82) is 10.5 Å². The van der Waals surface area contributed by atoms with Crippen molar-refractivity contribution in [3.63, 3.8) is 0 Å². The van der Waals surface area contributed by atoms with Gasteiger partial charge in [0, 0.05) is 5.56 Å². The summed E-state index contributed by atoms with van der Waals surface area (Å²) < 4.78 is 0. The largest absolute Gasteiger partial charge is 0.506 e. The molecule has 0 bridgehead atoms. The summed E-state index contributed by atoms with van der Waals surface area (Å²) in [6, 6.07) is 3.96. The highest BCUT2D eigenvalue weighted by atomic mass is 16.3. The first-order valence-electron chi connectivity index (χ1n) is 4.17. The number of hydrogen-bond acceptors (Lipinski definition) is 3. The Hall–Kier alpha value is -2.00. The molecule has 0 saturated heterocycles. The van der Waals surface area contributed by atoms with E-state index in [1.54, 1.807) is 20.8 Å². The molecular formula is C11H10N2O. The molecule has 1 rings (SSSR count). The molecule has 0 saturated carbocycles. The van der Waals surface area contributed by atoms with Crippen LogP contribution in [0.2, 0.25) is 0 Å². The zero-order chi connectivity index (χ0) is 10.9. The fourth-order valence-corrected chi connectivity index (χ4v) is 1.44. The van der Waals surface area contributed by atoms with Crippen LogP contribution >= 0.6 is 0 Å². The highest BCUT2D eigenvalue weighted by Crippen LogP contribution is 2.30. The van der Waals surface area contributed by atoms with E-state index in [2.05, 4.69) is 0 Å². The maximum atomic E-state index is 9.64. The Bertz CT molecular complexity index is 402. The van der Waals surface area contributed by atoms with Gasteiger partial charge in [0.2, 0.25) is 0 Å². The standard InChI is InChI=1S/C11H10N2O/c1-6-7(2)10(5-13)11(14)8(3)9(6)4-12/h14H,1-3H3. The van der Waals surface area contributed by atoms with Gasteiger partial charge in [0.1, 0.15) is 11.8 Å². The molecule has 0 aromatic heterocycles. The maximum absolute atomic E-state index is 9.64. The minimum Gasteiger partial charge on any atom is -0.506 e. The lowest BCUT2D eigenvalue weighted by Gasteiger charge is -2.10. The third-order valence-corrected chi connectivity index (χ3v) is 2.50. The maximum Gasteiger partial charge on any atom is 0.137 e. The summed E-state index contributed by atoms with van der Waals surface area (Å²) in [7, 11) is 0. The molecular weight excluding hydrogens is 176 g/mol. The second kappa shape index (κ2) is 3.40. The van der Waals surface area contributed by atoms with Crippen LogP contribution in [-0.2, 0) is 0 Å². The molecule has 3 nitrogen and oxygen atoms in total. The summed E-state index contributed by atoms with van der Waals surface area (Å²) in [5.41, 5.74) is 2.64. The smallest absolute Gasteiger partial charge is 0.137 e. The minimum atomic E-state index is -0.0767. The predicted molar refractivity (Wildman–Crippen MR) is 51.7 cm³/mol. The predicted octanol–water partition coefficient (Wildman–Crippen LogP) is 2.06. The van der Waals surface area contributed by atoms with Crippen LogP contribution in [0.3, 0.4) is 0 Å². The molecule has 0 fully saturated rings. The molecule has 0 aliphatic rings. The lowest BCUT2D eigenvalue weighted by Crippen LogP contribution is -1.96. The van der Waals surface area contributed by atoms with E-state index in [1.807, 2.05) is 12.1 Å². The third-order valence-electron chi connectivity index (χ3n) is 2.50. The van der Waals surface area contributed by atoms with E-state index in [0.29, 0.717) is 16.7 Å². The van der Waals surface area contributed by atoms with Crippen molar-refractivity contribution >= 4 is 0 Å². The van der Waals surface area contributed by atoms with Gasteiger partial charge in [0.25, 0.3) is 0 Å². The fourth-order valence-electron chi connectivity index (χ4n) is 1.44. The zero-order valence-electron chi connectivity index (χ0n) is 8.34. The van der Waals surface area contributed by atoms with Crippen LogP contribution in [0.1, 0.15) is 27.8 Å². The Morgan fingerprint density at radius 1 is 0.857 bits per heavy atom. The molecule has 0 unspecified atom stereocenters. The number of nitrogens with zero attached hydrogens (tertiary/aromatic N) is 2. The normalized spacial score (nSPS) is 9.21. The van der Waals surface area contributed by atoms with Gasteiger partial charge in [-0.05, 0) is 31.9 Å². The number of phenols is 1. The summed E-state index contributed by atoms with van der Waals surface area (Å²) in [5.74, 6) is -0.0767. The molecule has 0 aliphatic heterocycles. The fraction of sp³-hybridized carbons (Fsp3) is 0.273. The first-order chi connectivity index (χ1) is 6.54. The number of phenolic OH excluding ortho intramolecular Hbond substituents is 1. The molecule has 3 heteroatoms. The van der Waals surface area contributed by atoms with Gasteiger partial charge >= 0.3 is 0 Å². The van der Waals surface area contributed by atoms with Crippen molar-refractivity contribution in [2.45, 2.75) is 20.8 Å². The summed E-state index contributed by atoms with van der Waals surface area (Å²) in [6.45, 7) is 5.15. The second-order valence-electron chi connectivity index (χ2n) is 3.20. The second-order valence-corrected chi connectivity index (χ2v) is 3.20. The summed E-state index contributed by atoms with van der Waals surface area (Å²) in [6.07, 6.45) is 0. The van der Waals surface area contributed by atoms with Crippen molar-refractivity contribution in [3.8, 4) is 17.9 Å². The Morgan fingerprint density at radius 2 is 1.29 bits per heavy atom. The van der Waals surface area contributed by atoms with E-state index < -0.39 is 0 Å². The SMILES string of the molecule is Cc1c(C)c(C#N)c(O)c(C)c1C#N. The average Bonchev–Trinajstić information content (AvgIpc) is 2.17. The van der Waals surface area contributed by atoms with E-state index in [0.717, 1.165) is 5.56 Å². The Kier molecular flexibility index (Phi) is 2.45. The Labute approximate surface area is 82.8 Å². The van der Waals surface area contributed by atoms with Gasteiger partial charge < -0.3 is 5.11 Å². The molecule has 1 N–H and O–H groups in total. The number of aromatic hydroxyl groups is 1. The highest BCUT2D eigenvalue weighted by Gasteiger charge is 2.15. The molecule has 0 spiro atoms. The Balaban J connectivity index is 3.77. The van der Waals surface area contributed by atoms with E-state index >= 15 is 0 Å². The van der Waals surface area contributed by atoms with Crippen molar-refractivity contribution in [1.82, 2.24) is 0 Å². The van der Waals surface area contributed by atoms with Crippen LogP contribution in [-0.4, -0.2) is 5.11 Å². The van der Waals surface area contributed by atoms with Crippen LogP contribution in [0.15, 0.2) is 0 Å². The molecule has 70 valence electrons. The van der Waals surface area contributed by atoms with Gasteiger partial charge in [-0.25, -0.2) is 0 Å². The lowest BCUT2D eigenvalue weighted by atomic mass is 9.94. The van der Waals surface area contributed by atoms with E-state index in [4.69, 9.17) is 10.5 Å². The van der Waals surface area contributed by atoms with Gasteiger partial charge in [-0.3, -0.25) is 0 Å². The minimum absolute atomic E-state index is 0.0767. The topological polar surface area (TPSA) is 67.8 Å². The quantitative estimate of drug-likeness (QED) is 0.674. The summed E-state index contributed by atoms with van der Waals surface area (Å²) in [4.78, 5) is 0. The Morgan fingerprint density at radius 3 is 1.71 bits per heavy atom. The van der Waals surface area contributed by atoms with Gasteiger partial charge in [-0.1, -0.05) is 0 Å². The van der Waals surface area contributed by atoms with E-state index in [1.165, 1.54) is 0 Å². The zero-order valence-corrected chi connectivity index (χ0v) is 8.34. The molecule has 1 aromatic rings. The van der Waals surface area contributed by atoms with E-state index in [9.17, 15) is 5.11 Å². The molecule has 0 radical (unpaired) electrons. The molecule has 0 amide bonds. The van der Waals surface area contributed by atoms with E-state index in [-0.39, 0.29) is 11.3 Å². The average molecular weight is 186 g/mol. The molecule has 14 heavy (non-hydrogen) atoms. The van der Waals surface area contributed by atoms with Crippen LogP contribution in [0.5, 0.6) is 5.75 Å². The molecule has 0 atom stereocenters. The molecule has 1 aromatic carbocycles. The van der Waals surface area contributed by atoms with Crippen molar-refractivity contribution in [3.05, 3.63) is 27.8 Å². The summed E-state index contributed by atoms with van der Waals surface area (Å²) >= 11 is 0. The lowest BCUT2D eigenvalue weighted by molar-refractivity contribution is 0.468. The van der Waals surface area contributed by atoms with Crippen LogP contribution in [0.4, 0.5) is 0 Å². The van der Waals surface area contributed by atoms with Crippen LogP contribution < -0.4 is 0 Å². The van der Waals surface area contributed by atoms with Crippen LogP contribution in [0, 0.1) is 43.4 Å². The van der Waals surface area contributed by atoms with Gasteiger partial charge in [-0.15, -0.1) is 0 Å². The molecule has 0 heterocycles. The van der Waals surface area contributed by atoms with Gasteiger partial charge in [0.15, 0.2) is 0 Å². The van der Waals surface area contributed by atoms with Crippen molar-refractivity contribution < 1.29 is 5.11 Å². The highest BCUT2D eigenvalue weighted by molar-refractivity contribution is 5.61. The van der Waals surface area contributed by atoms with Crippen molar-refractivity contribution in [2.75, 3.05) is 0 Å². The first-order valence-corrected chi connectivity index (χ1v) is 4.17. The third kappa shape index (κ3) is 1.20. The summed E-state index contributed by atoms with van der Waals surface area (Å²) in [5, 5.41) is 27.3. The number of rotatable bonds is 0.